The molecule has 1 aromatic rings. The van der Waals surface area contributed by atoms with E-state index in [2.05, 4.69) is 42.7 Å². The molecule has 0 aliphatic carbocycles. The lowest BCUT2D eigenvalue weighted by molar-refractivity contribution is -0.131. The summed E-state index contributed by atoms with van der Waals surface area (Å²) in [6, 6.07) is 8.37. The van der Waals surface area contributed by atoms with Crippen molar-refractivity contribution in [1.29, 1.82) is 0 Å². The van der Waals surface area contributed by atoms with Crippen molar-refractivity contribution in [3.05, 3.63) is 35.4 Å². The molecule has 1 saturated heterocycles. The molecule has 19 heavy (non-hydrogen) atoms. The van der Waals surface area contributed by atoms with Crippen LogP contribution in [0.2, 0.25) is 0 Å². The molecule has 104 valence electrons. The molecule has 3 nitrogen and oxygen atoms in total. The summed E-state index contributed by atoms with van der Waals surface area (Å²) in [5.74, 6) is 0.161. The van der Waals surface area contributed by atoms with E-state index in [-0.39, 0.29) is 17.4 Å². The maximum atomic E-state index is 12.4. The molecule has 2 rings (SSSR count). The first-order valence-corrected chi connectivity index (χ1v) is 7.09. The van der Waals surface area contributed by atoms with Gasteiger partial charge >= 0.3 is 0 Å². The average Bonchev–Trinajstić information content (AvgIpc) is 2.39. The Labute approximate surface area is 115 Å². The van der Waals surface area contributed by atoms with E-state index in [4.69, 9.17) is 0 Å². The third-order valence-electron chi connectivity index (χ3n) is 4.04. The fourth-order valence-electron chi connectivity index (χ4n) is 2.64. The van der Waals surface area contributed by atoms with Gasteiger partial charge in [-0.1, -0.05) is 29.8 Å². The smallest absolute Gasteiger partial charge is 0.227 e. The molecule has 0 radical (unpaired) electrons. The predicted molar refractivity (Wildman–Crippen MR) is 77.9 cm³/mol. The van der Waals surface area contributed by atoms with Crippen LogP contribution in [0.15, 0.2) is 24.3 Å². The van der Waals surface area contributed by atoms with Crippen molar-refractivity contribution in [3.63, 3.8) is 0 Å². The molecule has 2 N–H and O–H groups in total. The highest BCUT2D eigenvalue weighted by molar-refractivity contribution is 5.83. The Morgan fingerprint density at radius 1 is 1.47 bits per heavy atom. The van der Waals surface area contributed by atoms with Crippen LogP contribution in [0, 0.1) is 12.3 Å². The fourth-order valence-corrected chi connectivity index (χ4v) is 2.64. The molecule has 1 aliphatic heterocycles. The summed E-state index contributed by atoms with van der Waals surface area (Å²) in [5, 5.41) is 6.47. The normalized spacial score (nSPS) is 24.8. The monoisotopic (exact) mass is 260 g/mol. The quantitative estimate of drug-likeness (QED) is 0.877. The fraction of sp³-hybridized carbons (Fsp3) is 0.562. The van der Waals surface area contributed by atoms with Crippen molar-refractivity contribution in [2.45, 2.75) is 39.7 Å². The van der Waals surface area contributed by atoms with E-state index < -0.39 is 0 Å². The van der Waals surface area contributed by atoms with E-state index in [9.17, 15) is 4.79 Å². The molecule has 2 atom stereocenters. The zero-order valence-electron chi connectivity index (χ0n) is 12.1. The number of nitrogens with one attached hydrogen (secondary N) is 2. The summed E-state index contributed by atoms with van der Waals surface area (Å²) in [6.45, 7) is 7.98. The third kappa shape index (κ3) is 3.35. The minimum absolute atomic E-state index is 0.0613. The van der Waals surface area contributed by atoms with Gasteiger partial charge in [0.25, 0.3) is 0 Å². The van der Waals surface area contributed by atoms with Gasteiger partial charge in [0.15, 0.2) is 0 Å². The van der Waals surface area contributed by atoms with Crippen LogP contribution >= 0.6 is 0 Å². The maximum Gasteiger partial charge on any atom is 0.227 e. The van der Waals surface area contributed by atoms with Crippen LogP contribution in [-0.2, 0) is 4.79 Å². The largest absolute Gasteiger partial charge is 0.349 e. The molecule has 1 fully saturated rings. The number of aryl methyl sites for hydroxylation is 1. The number of piperidine rings is 1. The molecule has 0 aromatic heterocycles. The van der Waals surface area contributed by atoms with Crippen molar-refractivity contribution >= 4 is 5.91 Å². The second-order valence-corrected chi connectivity index (χ2v) is 5.95. The van der Waals surface area contributed by atoms with Gasteiger partial charge in [-0.05, 0) is 45.7 Å². The number of benzene rings is 1. The predicted octanol–water partition coefficient (Wildman–Crippen LogP) is 2.56. The van der Waals surface area contributed by atoms with Crippen molar-refractivity contribution < 1.29 is 4.79 Å². The van der Waals surface area contributed by atoms with Gasteiger partial charge in [0.05, 0.1) is 11.5 Å². The van der Waals surface area contributed by atoms with Gasteiger partial charge in [0, 0.05) is 6.54 Å². The first kappa shape index (κ1) is 14.1. The van der Waals surface area contributed by atoms with Gasteiger partial charge in [0.1, 0.15) is 0 Å². The molecule has 1 unspecified atom stereocenters. The second-order valence-electron chi connectivity index (χ2n) is 5.95. The summed E-state index contributed by atoms with van der Waals surface area (Å²) in [5.41, 5.74) is 2.13. The molecule has 0 saturated carbocycles. The van der Waals surface area contributed by atoms with Crippen LogP contribution in [0.1, 0.15) is 43.9 Å². The molecule has 0 spiro atoms. The van der Waals surface area contributed by atoms with Crippen molar-refractivity contribution in [3.8, 4) is 0 Å². The first-order chi connectivity index (χ1) is 9.01. The molecular weight excluding hydrogens is 236 g/mol. The highest BCUT2D eigenvalue weighted by Gasteiger charge is 2.35. The molecule has 1 aliphatic rings. The van der Waals surface area contributed by atoms with Crippen LogP contribution in [0.25, 0.3) is 0 Å². The first-order valence-electron chi connectivity index (χ1n) is 7.09. The standard InChI is InChI=1S/C16H24N2O/c1-12-6-4-7-14(10-12)13(2)18-15(19)16(3)8-5-9-17-11-16/h4,6-7,10,13,17H,5,8-9,11H2,1-3H3,(H,18,19)/t13-,16?/m0/s1. The summed E-state index contributed by atoms with van der Waals surface area (Å²) < 4.78 is 0. The number of carbonyl (C=O) groups is 1. The van der Waals surface area contributed by atoms with Crippen molar-refractivity contribution in [1.82, 2.24) is 10.6 Å². The van der Waals surface area contributed by atoms with Crippen molar-refractivity contribution in [2.24, 2.45) is 5.41 Å². The van der Waals surface area contributed by atoms with E-state index in [1.807, 2.05) is 13.0 Å². The van der Waals surface area contributed by atoms with Crippen LogP contribution in [0.4, 0.5) is 0 Å². The van der Waals surface area contributed by atoms with Crippen molar-refractivity contribution in [2.75, 3.05) is 13.1 Å². The zero-order chi connectivity index (χ0) is 13.9. The van der Waals surface area contributed by atoms with Crippen LogP contribution in [0.3, 0.4) is 0 Å². The van der Waals surface area contributed by atoms with Gasteiger partial charge in [-0.25, -0.2) is 0 Å². The third-order valence-corrected chi connectivity index (χ3v) is 4.04. The summed E-state index contributed by atoms with van der Waals surface area (Å²) in [7, 11) is 0. The Kier molecular flexibility index (Phi) is 4.25. The SMILES string of the molecule is Cc1cccc([C@H](C)NC(=O)C2(C)CCCNC2)c1. The average molecular weight is 260 g/mol. The van der Waals surface area contributed by atoms with Crippen LogP contribution in [-0.4, -0.2) is 19.0 Å². The number of carbonyl (C=O) groups excluding carboxylic acids is 1. The molecule has 1 heterocycles. The summed E-state index contributed by atoms with van der Waals surface area (Å²) in [4.78, 5) is 12.4. The lowest BCUT2D eigenvalue weighted by Gasteiger charge is -2.33. The second kappa shape index (κ2) is 5.74. The highest BCUT2D eigenvalue weighted by Crippen LogP contribution is 2.27. The van der Waals surface area contributed by atoms with Gasteiger partial charge in [0.2, 0.25) is 5.91 Å². The summed E-state index contributed by atoms with van der Waals surface area (Å²) in [6.07, 6.45) is 2.04. The van der Waals surface area contributed by atoms with Gasteiger partial charge in [-0.15, -0.1) is 0 Å². The Bertz CT molecular complexity index is 450. The molecule has 3 heteroatoms. The molecule has 1 amide bonds. The van der Waals surface area contributed by atoms with E-state index in [1.54, 1.807) is 0 Å². The molecular formula is C16H24N2O. The van der Waals surface area contributed by atoms with E-state index >= 15 is 0 Å². The van der Waals surface area contributed by atoms with Crippen LogP contribution < -0.4 is 10.6 Å². The van der Waals surface area contributed by atoms with Gasteiger partial charge < -0.3 is 10.6 Å². The maximum absolute atomic E-state index is 12.4. The number of hydrogen-bond donors (Lipinski definition) is 2. The Hall–Kier alpha value is -1.35. The van der Waals surface area contributed by atoms with Gasteiger partial charge in [-0.3, -0.25) is 4.79 Å². The zero-order valence-corrected chi connectivity index (χ0v) is 12.1. The minimum Gasteiger partial charge on any atom is -0.349 e. The van der Waals surface area contributed by atoms with E-state index in [0.717, 1.165) is 25.9 Å². The Morgan fingerprint density at radius 2 is 2.26 bits per heavy atom. The Balaban J connectivity index is 2.02. The number of rotatable bonds is 3. The summed E-state index contributed by atoms with van der Waals surface area (Å²) >= 11 is 0. The molecule has 0 bridgehead atoms. The van der Waals surface area contributed by atoms with Gasteiger partial charge in [-0.2, -0.15) is 0 Å². The lowest BCUT2D eigenvalue weighted by atomic mass is 9.81. The van der Waals surface area contributed by atoms with Crippen LogP contribution in [0.5, 0.6) is 0 Å². The number of hydrogen-bond acceptors (Lipinski definition) is 2. The topological polar surface area (TPSA) is 41.1 Å². The molecule has 1 aromatic carbocycles. The van der Waals surface area contributed by atoms with E-state index in [0.29, 0.717) is 0 Å². The lowest BCUT2D eigenvalue weighted by Crippen LogP contribution is -2.49. The minimum atomic E-state index is -0.268. The van der Waals surface area contributed by atoms with E-state index in [1.165, 1.54) is 11.1 Å². The highest BCUT2D eigenvalue weighted by atomic mass is 16.2. The Morgan fingerprint density at radius 3 is 2.89 bits per heavy atom. The number of amides is 1.